The summed E-state index contributed by atoms with van der Waals surface area (Å²) in [5.41, 5.74) is 2.42. The van der Waals surface area contributed by atoms with Crippen molar-refractivity contribution >= 4 is 41.5 Å². The molecule has 4 rings (SSSR count). The van der Waals surface area contributed by atoms with E-state index in [2.05, 4.69) is 29.0 Å². The van der Waals surface area contributed by atoms with Crippen LogP contribution in [0.25, 0.3) is 0 Å². The average Bonchev–Trinajstić information content (AvgIpc) is 2.93. The Kier molecular flexibility index (Phi) is 15.5. The Morgan fingerprint density at radius 1 is 1.15 bits per heavy atom. The minimum atomic E-state index is -0.409. The fourth-order valence-electron chi connectivity index (χ4n) is 5.30. The van der Waals surface area contributed by atoms with Gasteiger partial charge >= 0.3 is 0 Å². The molecular weight excluding hydrogens is 543 g/mol. The van der Waals surface area contributed by atoms with Gasteiger partial charge in [-0.2, -0.15) is 11.8 Å². The van der Waals surface area contributed by atoms with Gasteiger partial charge in [-0.25, -0.2) is 4.39 Å². The summed E-state index contributed by atoms with van der Waals surface area (Å²) in [6.45, 7) is 7.19. The van der Waals surface area contributed by atoms with E-state index in [0.717, 1.165) is 48.3 Å². The molecule has 40 heavy (non-hydrogen) atoms. The fraction of sp³-hybridized carbons (Fsp3) is 0.562. The van der Waals surface area contributed by atoms with Crippen molar-refractivity contribution < 1.29 is 18.8 Å². The van der Waals surface area contributed by atoms with Gasteiger partial charge in [0.2, 0.25) is 5.91 Å². The SMILES string of the molecule is CC1CCSCC1.CC=O.CSc1cccc(CC(=O)NC2CCC(C(C(C)=O)c3cc(F)cnc3C)CC2)c1. The number of thioether (sulfide) groups is 2. The Bertz CT molecular complexity index is 1080. The van der Waals surface area contributed by atoms with E-state index in [-0.39, 0.29) is 29.6 Å². The Labute approximate surface area is 248 Å². The van der Waals surface area contributed by atoms with Crippen molar-refractivity contribution in [1.29, 1.82) is 0 Å². The van der Waals surface area contributed by atoms with Gasteiger partial charge < -0.3 is 10.1 Å². The van der Waals surface area contributed by atoms with Crippen LogP contribution in [0.3, 0.4) is 0 Å². The summed E-state index contributed by atoms with van der Waals surface area (Å²) in [7, 11) is 0. The van der Waals surface area contributed by atoms with Gasteiger partial charge in [0.25, 0.3) is 0 Å². The summed E-state index contributed by atoms with van der Waals surface area (Å²) in [6.07, 6.45) is 10.5. The summed E-state index contributed by atoms with van der Waals surface area (Å²) >= 11 is 3.76. The molecule has 1 amide bonds. The first kappa shape index (κ1) is 34.0. The number of aryl methyl sites for hydroxylation is 1. The van der Waals surface area contributed by atoms with Crippen LogP contribution in [-0.2, 0) is 20.8 Å². The molecular formula is C32H45FN2O3S2. The molecule has 1 aromatic heterocycles. The summed E-state index contributed by atoms with van der Waals surface area (Å²) in [5, 5.41) is 3.15. The van der Waals surface area contributed by atoms with Crippen LogP contribution in [0.1, 0.15) is 82.0 Å². The largest absolute Gasteiger partial charge is 0.353 e. The van der Waals surface area contributed by atoms with Crippen molar-refractivity contribution in [2.24, 2.45) is 11.8 Å². The number of carbonyl (C=O) groups is 3. The third-order valence-electron chi connectivity index (χ3n) is 7.48. The van der Waals surface area contributed by atoms with Crippen molar-refractivity contribution in [3.8, 4) is 0 Å². The van der Waals surface area contributed by atoms with Gasteiger partial charge in [-0.1, -0.05) is 19.1 Å². The first-order valence-corrected chi connectivity index (χ1v) is 16.6. The second kappa shape index (κ2) is 18.3. The van der Waals surface area contributed by atoms with Crippen LogP contribution in [-0.4, -0.2) is 46.8 Å². The molecule has 2 aromatic rings. The Hall–Kier alpha value is -2.19. The Balaban J connectivity index is 0.000000474. The van der Waals surface area contributed by atoms with E-state index in [9.17, 15) is 14.0 Å². The highest BCUT2D eigenvalue weighted by molar-refractivity contribution is 7.99. The van der Waals surface area contributed by atoms with Crippen molar-refractivity contribution in [2.75, 3.05) is 17.8 Å². The highest BCUT2D eigenvalue weighted by Gasteiger charge is 2.33. The zero-order valence-electron chi connectivity index (χ0n) is 24.6. The van der Waals surface area contributed by atoms with E-state index in [4.69, 9.17) is 4.79 Å². The maximum atomic E-state index is 13.7. The topological polar surface area (TPSA) is 76.1 Å². The lowest BCUT2D eigenvalue weighted by atomic mass is 9.73. The van der Waals surface area contributed by atoms with Gasteiger partial charge in [-0.05, 0) is 118 Å². The van der Waals surface area contributed by atoms with Gasteiger partial charge in [-0.15, -0.1) is 11.8 Å². The molecule has 5 nitrogen and oxygen atoms in total. The number of halogens is 1. The molecule has 8 heteroatoms. The second-order valence-corrected chi connectivity index (χ2v) is 12.8. The van der Waals surface area contributed by atoms with Crippen molar-refractivity contribution in [1.82, 2.24) is 10.3 Å². The zero-order valence-corrected chi connectivity index (χ0v) is 26.2. The number of Topliss-reactive ketones (excluding diaryl/α,β-unsaturated/α-hetero) is 1. The number of hydrogen-bond donors (Lipinski definition) is 1. The van der Waals surface area contributed by atoms with Gasteiger partial charge in [0.15, 0.2) is 0 Å². The van der Waals surface area contributed by atoms with E-state index < -0.39 is 5.82 Å². The number of nitrogens with zero attached hydrogens (tertiary/aromatic N) is 1. The average molecular weight is 589 g/mol. The van der Waals surface area contributed by atoms with Crippen molar-refractivity contribution in [3.63, 3.8) is 0 Å². The maximum absolute atomic E-state index is 13.7. The molecule has 0 bridgehead atoms. The standard InChI is InChI=1S/C24H29FN2O2S.C6H12S.C2H4O/c1-15-22(13-19(25)14-26-15)24(16(2)28)18-7-9-20(10-8-18)27-23(29)12-17-5-4-6-21(11-17)30-3;1-6-2-4-7-5-3-6;1-2-3/h4-6,11,13-14,18,20,24H,7-10,12H2,1-3H3,(H,27,29);6H,2-5H2,1H3;2H,1H3. The highest BCUT2D eigenvalue weighted by Crippen LogP contribution is 2.38. The quantitative estimate of drug-likeness (QED) is 0.272. The van der Waals surface area contributed by atoms with Crippen LogP contribution in [0.15, 0.2) is 41.4 Å². The minimum Gasteiger partial charge on any atom is -0.353 e. The number of pyridine rings is 1. The predicted molar refractivity (Wildman–Crippen MR) is 166 cm³/mol. The van der Waals surface area contributed by atoms with E-state index in [1.807, 2.05) is 37.4 Å². The van der Waals surface area contributed by atoms with Crippen LogP contribution in [0, 0.1) is 24.6 Å². The lowest BCUT2D eigenvalue weighted by molar-refractivity contribution is -0.122. The monoisotopic (exact) mass is 588 g/mol. The number of ketones is 1. The van der Waals surface area contributed by atoms with E-state index in [0.29, 0.717) is 17.7 Å². The molecule has 220 valence electrons. The number of amides is 1. The van der Waals surface area contributed by atoms with Gasteiger partial charge in [0.05, 0.1) is 12.6 Å². The molecule has 1 atom stereocenters. The molecule has 0 radical (unpaired) electrons. The van der Waals surface area contributed by atoms with Crippen LogP contribution < -0.4 is 5.32 Å². The van der Waals surface area contributed by atoms with E-state index in [1.165, 1.54) is 43.5 Å². The third-order valence-corrected chi connectivity index (χ3v) is 9.26. The van der Waals surface area contributed by atoms with Crippen LogP contribution >= 0.6 is 23.5 Å². The van der Waals surface area contributed by atoms with Crippen LogP contribution in [0.2, 0.25) is 0 Å². The minimum absolute atomic E-state index is 0.0324. The van der Waals surface area contributed by atoms with E-state index in [1.54, 1.807) is 18.7 Å². The Morgan fingerprint density at radius 3 is 2.35 bits per heavy atom. The summed E-state index contributed by atoms with van der Waals surface area (Å²) in [4.78, 5) is 38.9. The Morgan fingerprint density at radius 2 is 1.80 bits per heavy atom. The molecule has 2 fully saturated rings. The second-order valence-electron chi connectivity index (χ2n) is 10.7. The van der Waals surface area contributed by atoms with E-state index >= 15 is 0 Å². The fourth-order valence-corrected chi connectivity index (χ4v) is 7.13. The number of benzene rings is 1. The number of aromatic nitrogens is 1. The molecule has 1 N–H and O–H groups in total. The predicted octanol–water partition coefficient (Wildman–Crippen LogP) is 7.20. The molecule has 1 aliphatic heterocycles. The van der Waals surface area contributed by atoms with Crippen LogP contribution in [0.4, 0.5) is 4.39 Å². The molecule has 2 heterocycles. The lowest BCUT2D eigenvalue weighted by Gasteiger charge is -2.33. The van der Waals surface area contributed by atoms with Crippen LogP contribution in [0.5, 0.6) is 0 Å². The summed E-state index contributed by atoms with van der Waals surface area (Å²) in [5.74, 6) is 3.31. The van der Waals surface area contributed by atoms with Gasteiger partial charge in [0.1, 0.15) is 17.9 Å². The highest BCUT2D eigenvalue weighted by atomic mass is 32.2. The van der Waals surface area contributed by atoms with Gasteiger partial charge in [-0.3, -0.25) is 14.6 Å². The lowest BCUT2D eigenvalue weighted by Crippen LogP contribution is -2.39. The van der Waals surface area contributed by atoms with Gasteiger partial charge in [0, 0.05) is 22.5 Å². The number of rotatable bonds is 7. The number of aldehydes is 1. The molecule has 1 aromatic carbocycles. The third kappa shape index (κ3) is 11.7. The maximum Gasteiger partial charge on any atom is 0.224 e. The summed E-state index contributed by atoms with van der Waals surface area (Å²) < 4.78 is 13.7. The number of carbonyl (C=O) groups excluding carboxylic acids is 3. The first-order chi connectivity index (χ1) is 19.2. The molecule has 1 aliphatic carbocycles. The smallest absolute Gasteiger partial charge is 0.224 e. The summed E-state index contributed by atoms with van der Waals surface area (Å²) in [6, 6.07) is 9.61. The number of hydrogen-bond acceptors (Lipinski definition) is 6. The molecule has 1 saturated heterocycles. The molecule has 1 unspecified atom stereocenters. The normalized spacial score (nSPS) is 19.6. The van der Waals surface area contributed by atoms with Crippen molar-refractivity contribution in [3.05, 3.63) is 59.2 Å². The zero-order chi connectivity index (χ0) is 29.5. The number of nitrogens with one attached hydrogen (secondary N) is 1. The first-order valence-electron chi connectivity index (χ1n) is 14.2. The molecule has 0 spiro atoms. The van der Waals surface area contributed by atoms with Crippen molar-refractivity contribution in [2.45, 2.75) is 89.5 Å². The molecule has 2 aliphatic rings. The molecule has 1 saturated carbocycles.